The first-order valence-electron chi connectivity index (χ1n) is 5.03. The maximum atomic E-state index is 8.79. The molecule has 13 heavy (non-hydrogen) atoms. The molecule has 2 heteroatoms. The van der Waals surface area contributed by atoms with Crippen LogP contribution in [0, 0.1) is 16.7 Å². The lowest BCUT2D eigenvalue weighted by molar-refractivity contribution is 0.347. The van der Waals surface area contributed by atoms with Crippen LogP contribution in [-0.4, -0.2) is 0 Å². The largest absolute Gasteiger partial charge is 0.401 e. The molecule has 0 bridgehead atoms. The van der Waals surface area contributed by atoms with Crippen LogP contribution in [0.5, 0.6) is 0 Å². The van der Waals surface area contributed by atoms with E-state index in [0.717, 1.165) is 25.0 Å². The van der Waals surface area contributed by atoms with E-state index in [2.05, 4.69) is 13.0 Å². The SMILES string of the molecule is CCC1(C(N)=C(C)C#N)CCCC1. The first-order chi connectivity index (χ1) is 6.16. The minimum absolute atomic E-state index is 0.153. The van der Waals surface area contributed by atoms with Crippen molar-refractivity contribution in [3.8, 4) is 6.07 Å². The molecule has 0 aromatic rings. The van der Waals surface area contributed by atoms with Crippen molar-refractivity contribution in [3.05, 3.63) is 11.3 Å². The second-order valence-electron chi connectivity index (χ2n) is 3.99. The third-order valence-electron chi connectivity index (χ3n) is 3.38. The van der Waals surface area contributed by atoms with E-state index >= 15 is 0 Å². The summed E-state index contributed by atoms with van der Waals surface area (Å²) in [5.74, 6) is 0. The van der Waals surface area contributed by atoms with Gasteiger partial charge in [-0.15, -0.1) is 0 Å². The van der Waals surface area contributed by atoms with Crippen LogP contribution in [0.1, 0.15) is 46.0 Å². The summed E-state index contributed by atoms with van der Waals surface area (Å²) >= 11 is 0. The van der Waals surface area contributed by atoms with Gasteiger partial charge in [-0.1, -0.05) is 19.8 Å². The Labute approximate surface area is 80.4 Å². The molecule has 0 aromatic heterocycles. The molecular weight excluding hydrogens is 160 g/mol. The van der Waals surface area contributed by atoms with Crippen LogP contribution in [-0.2, 0) is 0 Å². The molecule has 0 aromatic carbocycles. The van der Waals surface area contributed by atoms with Gasteiger partial charge in [-0.05, 0) is 26.2 Å². The Bertz CT molecular complexity index is 252. The van der Waals surface area contributed by atoms with Crippen LogP contribution in [0.2, 0.25) is 0 Å². The molecule has 2 nitrogen and oxygen atoms in total. The van der Waals surface area contributed by atoms with Crippen molar-refractivity contribution in [2.24, 2.45) is 11.1 Å². The molecule has 0 spiro atoms. The van der Waals surface area contributed by atoms with Crippen molar-refractivity contribution < 1.29 is 0 Å². The van der Waals surface area contributed by atoms with Crippen LogP contribution < -0.4 is 5.73 Å². The van der Waals surface area contributed by atoms with Crippen LogP contribution in [0.3, 0.4) is 0 Å². The molecule has 1 aliphatic carbocycles. The third-order valence-corrected chi connectivity index (χ3v) is 3.38. The molecule has 0 radical (unpaired) electrons. The molecular formula is C11H18N2. The Kier molecular flexibility index (Phi) is 2.98. The lowest BCUT2D eigenvalue weighted by Gasteiger charge is -2.28. The zero-order valence-corrected chi connectivity index (χ0v) is 8.56. The van der Waals surface area contributed by atoms with E-state index in [4.69, 9.17) is 11.0 Å². The lowest BCUT2D eigenvalue weighted by atomic mass is 9.79. The van der Waals surface area contributed by atoms with Gasteiger partial charge in [0.2, 0.25) is 0 Å². The van der Waals surface area contributed by atoms with Crippen molar-refractivity contribution in [3.63, 3.8) is 0 Å². The van der Waals surface area contributed by atoms with Crippen LogP contribution in [0.15, 0.2) is 11.3 Å². The summed E-state index contributed by atoms with van der Waals surface area (Å²) in [5.41, 5.74) is 7.74. The highest BCUT2D eigenvalue weighted by atomic mass is 14.7. The van der Waals surface area contributed by atoms with Gasteiger partial charge in [0.25, 0.3) is 0 Å². The third kappa shape index (κ3) is 1.70. The lowest BCUT2D eigenvalue weighted by Crippen LogP contribution is -2.25. The van der Waals surface area contributed by atoms with E-state index in [0.29, 0.717) is 5.57 Å². The molecule has 0 saturated heterocycles. The Morgan fingerprint density at radius 2 is 2.00 bits per heavy atom. The van der Waals surface area contributed by atoms with Crippen molar-refractivity contribution in [2.45, 2.75) is 46.0 Å². The van der Waals surface area contributed by atoms with Gasteiger partial charge in [-0.2, -0.15) is 5.26 Å². The summed E-state index contributed by atoms with van der Waals surface area (Å²) in [6.45, 7) is 3.99. The topological polar surface area (TPSA) is 49.8 Å². The summed E-state index contributed by atoms with van der Waals surface area (Å²) in [6, 6.07) is 2.16. The first-order valence-corrected chi connectivity index (χ1v) is 5.03. The highest BCUT2D eigenvalue weighted by molar-refractivity contribution is 5.29. The van der Waals surface area contributed by atoms with Gasteiger partial charge < -0.3 is 5.73 Å². The fourth-order valence-electron chi connectivity index (χ4n) is 2.32. The fraction of sp³-hybridized carbons (Fsp3) is 0.727. The van der Waals surface area contributed by atoms with Gasteiger partial charge in [0.15, 0.2) is 0 Å². The summed E-state index contributed by atoms with van der Waals surface area (Å²) < 4.78 is 0. The second-order valence-corrected chi connectivity index (χ2v) is 3.99. The summed E-state index contributed by atoms with van der Waals surface area (Å²) in [4.78, 5) is 0. The average Bonchev–Trinajstić information content (AvgIpc) is 2.65. The zero-order chi connectivity index (χ0) is 9.90. The van der Waals surface area contributed by atoms with Gasteiger partial charge in [0.05, 0.1) is 6.07 Å². The van der Waals surface area contributed by atoms with Gasteiger partial charge in [-0.3, -0.25) is 0 Å². The van der Waals surface area contributed by atoms with Crippen molar-refractivity contribution in [1.82, 2.24) is 0 Å². The summed E-state index contributed by atoms with van der Waals surface area (Å²) in [5, 5.41) is 8.79. The molecule has 0 heterocycles. The van der Waals surface area contributed by atoms with Gasteiger partial charge >= 0.3 is 0 Å². The van der Waals surface area contributed by atoms with Gasteiger partial charge in [0.1, 0.15) is 0 Å². The quantitative estimate of drug-likeness (QED) is 0.661. The Balaban J connectivity index is 2.96. The summed E-state index contributed by atoms with van der Waals surface area (Å²) in [7, 11) is 0. The standard InChI is InChI=1S/C11H18N2/c1-3-11(6-4-5-7-11)10(13)9(2)8-12/h3-7,13H2,1-2H3. The molecule has 1 saturated carbocycles. The second kappa shape index (κ2) is 3.83. The van der Waals surface area contributed by atoms with E-state index in [1.165, 1.54) is 12.8 Å². The number of allylic oxidation sites excluding steroid dienone is 2. The van der Waals surface area contributed by atoms with Crippen molar-refractivity contribution >= 4 is 0 Å². The number of nitriles is 1. The molecule has 1 fully saturated rings. The van der Waals surface area contributed by atoms with Gasteiger partial charge in [-0.25, -0.2) is 0 Å². The van der Waals surface area contributed by atoms with E-state index in [9.17, 15) is 0 Å². The van der Waals surface area contributed by atoms with E-state index in [1.54, 1.807) is 0 Å². The zero-order valence-electron chi connectivity index (χ0n) is 8.56. The van der Waals surface area contributed by atoms with Gasteiger partial charge in [0, 0.05) is 16.7 Å². The highest BCUT2D eigenvalue weighted by Crippen LogP contribution is 2.45. The molecule has 2 N–H and O–H groups in total. The number of nitrogens with zero attached hydrogens (tertiary/aromatic N) is 1. The number of hydrogen-bond donors (Lipinski definition) is 1. The first kappa shape index (κ1) is 10.1. The Morgan fingerprint density at radius 1 is 1.46 bits per heavy atom. The average molecular weight is 178 g/mol. The van der Waals surface area contributed by atoms with Crippen LogP contribution in [0.4, 0.5) is 0 Å². The van der Waals surface area contributed by atoms with Crippen molar-refractivity contribution in [2.75, 3.05) is 0 Å². The van der Waals surface area contributed by atoms with E-state index in [-0.39, 0.29) is 5.41 Å². The van der Waals surface area contributed by atoms with Crippen molar-refractivity contribution in [1.29, 1.82) is 5.26 Å². The maximum absolute atomic E-state index is 8.79. The molecule has 72 valence electrons. The minimum atomic E-state index is 0.153. The van der Waals surface area contributed by atoms with Crippen LogP contribution in [0.25, 0.3) is 0 Å². The van der Waals surface area contributed by atoms with E-state index in [1.807, 2.05) is 6.92 Å². The Hall–Kier alpha value is -0.970. The normalized spacial score (nSPS) is 22.2. The molecule has 1 rings (SSSR count). The summed E-state index contributed by atoms with van der Waals surface area (Å²) in [6.07, 6.45) is 5.90. The maximum Gasteiger partial charge on any atom is 0.0962 e. The minimum Gasteiger partial charge on any atom is -0.401 e. The predicted molar refractivity (Wildman–Crippen MR) is 53.7 cm³/mol. The number of nitrogens with two attached hydrogens (primary N) is 1. The number of rotatable bonds is 2. The molecule has 0 amide bonds. The monoisotopic (exact) mass is 178 g/mol. The molecule has 0 aliphatic heterocycles. The smallest absolute Gasteiger partial charge is 0.0962 e. The molecule has 0 atom stereocenters. The number of hydrogen-bond acceptors (Lipinski definition) is 2. The Morgan fingerprint density at radius 3 is 2.38 bits per heavy atom. The fourth-order valence-corrected chi connectivity index (χ4v) is 2.32. The van der Waals surface area contributed by atoms with E-state index < -0.39 is 0 Å². The molecule has 1 aliphatic rings. The highest BCUT2D eigenvalue weighted by Gasteiger charge is 2.35. The predicted octanol–water partition coefficient (Wildman–Crippen LogP) is 2.71. The van der Waals surface area contributed by atoms with Crippen LogP contribution >= 0.6 is 0 Å². The molecule has 0 unspecified atom stereocenters.